The van der Waals surface area contributed by atoms with Crippen molar-refractivity contribution in [3.05, 3.63) is 34.6 Å². The number of amides is 1. The van der Waals surface area contributed by atoms with Gasteiger partial charge in [-0.3, -0.25) is 14.5 Å². The van der Waals surface area contributed by atoms with Crippen LogP contribution >= 0.6 is 0 Å². The maximum Gasteiger partial charge on any atom is 0.278 e. The van der Waals surface area contributed by atoms with Crippen molar-refractivity contribution in [1.29, 1.82) is 0 Å². The molecule has 122 valence electrons. The number of piperidine rings is 1. The minimum Gasteiger partial charge on any atom is -0.356 e. The number of hydrogen-bond acceptors (Lipinski definition) is 5. The Morgan fingerprint density at radius 2 is 2.04 bits per heavy atom. The summed E-state index contributed by atoms with van der Waals surface area (Å²) in [5, 5.41) is 11.6. The molecule has 1 aromatic carbocycles. The van der Waals surface area contributed by atoms with Gasteiger partial charge in [-0.2, -0.15) is 4.68 Å². The average Bonchev–Trinajstić information content (AvgIpc) is 2.58. The minimum atomic E-state index is -0.124. The first-order valence-electron chi connectivity index (χ1n) is 8.01. The van der Waals surface area contributed by atoms with Gasteiger partial charge in [-0.15, -0.1) is 5.10 Å². The number of benzene rings is 1. The van der Waals surface area contributed by atoms with E-state index in [2.05, 4.69) is 20.5 Å². The van der Waals surface area contributed by atoms with Gasteiger partial charge in [0.15, 0.2) is 0 Å². The van der Waals surface area contributed by atoms with Crippen LogP contribution in [0.4, 0.5) is 0 Å². The third-order valence-electron chi connectivity index (χ3n) is 4.27. The number of aromatic nitrogens is 3. The molecular formula is C16H21N5O2. The molecule has 2 aromatic rings. The van der Waals surface area contributed by atoms with Crippen molar-refractivity contribution < 1.29 is 4.79 Å². The zero-order valence-corrected chi connectivity index (χ0v) is 13.2. The van der Waals surface area contributed by atoms with Gasteiger partial charge in [-0.05, 0) is 31.9 Å². The maximum atomic E-state index is 12.4. The fourth-order valence-electron chi connectivity index (χ4n) is 2.96. The normalized spacial score (nSPS) is 16.6. The molecular weight excluding hydrogens is 294 g/mol. The van der Waals surface area contributed by atoms with E-state index in [-0.39, 0.29) is 17.4 Å². The van der Waals surface area contributed by atoms with Crippen LogP contribution < -0.4 is 10.9 Å². The summed E-state index contributed by atoms with van der Waals surface area (Å²) >= 11 is 0. The van der Waals surface area contributed by atoms with Crippen molar-refractivity contribution in [2.45, 2.75) is 26.4 Å². The standard InChI is InChI=1S/C16H21N5O2/c1-2-17-15(22)12-7-9-20(10-8-12)11-21-16(23)13-5-3-4-6-14(13)18-19-21/h3-6,12H,2,7-11H2,1H3,(H,17,22). The Kier molecular flexibility index (Phi) is 4.66. The van der Waals surface area contributed by atoms with Crippen LogP contribution in [0.25, 0.3) is 10.9 Å². The molecule has 1 saturated heterocycles. The smallest absolute Gasteiger partial charge is 0.278 e. The molecule has 0 atom stereocenters. The van der Waals surface area contributed by atoms with E-state index in [4.69, 9.17) is 0 Å². The topological polar surface area (TPSA) is 80.1 Å². The zero-order valence-electron chi connectivity index (χ0n) is 13.2. The summed E-state index contributed by atoms with van der Waals surface area (Å²) in [5.74, 6) is 0.209. The van der Waals surface area contributed by atoms with Gasteiger partial charge in [-0.1, -0.05) is 17.3 Å². The molecule has 0 unspecified atom stereocenters. The van der Waals surface area contributed by atoms with Crippen molar-refractivity contribution in [3.63, 3.8) is 0 Å². The first-order valence-corrected chi connectivity index (χ1v) is 8.01. The van der Waals surface area contributed by atoms with Crippen molar-refractivity contribution >= 4 is 16.8 Å². The lowest BCUT2D eigenvalue weighted by Gasteiger charge is -2.30. The predicted octanol–water partition coefficient (Wildman–Crippen LogP) is 0.597. The third kappa shape index (κ3) is 3.39. The number of carbonyl (C=O) groups is 1. The Balaban J connectivity index is 1.66. The van der Waals surface area contributed by atoms with Crippen molar-refractivity contribution in [1.82, 2.24) is 25.2 Å². The summed E-state index contributed by atoms with van der Waals surface area (Å²) in [4.78, 5) is 26.4. The molecule has 1 amide bonds. The Morgan fingerprint density at radius 1 is 1.30 bits per heavy atom. The summed E-state index contributed by atoms with van der Waals surface area (Å²) < 4.78 is 1.40. The number of hydrogen-bond donors (Lipinski definition) is 1. The highest BCUT2D eigenvalue weighted by molar-refractivity contribution is 5.78. The van der Waals surface area contributed by atoms with E-state index < -0.39 is 0 Å². The quantitative estimate of drug-likeness (QED) is 0.893. The van der Waals surface area contributed by atoms with E-state index in [0.717, 1.165) is 25.9 Å². The Labute approximate surface area is 134 Å². The number of rotatable bonds is 4. The first-order chi connectivity index (χ1) is 11.2. The van der Waals surface area contributed by atoms with E-state index in [9.17, 15) is 9.59 Å². The van der Waals surface area contributed by atoms with Crippen LogP contribution in [0, 0.1) is 5.92 Å². The highest BCUT2D eigenvalue weighted by Crippen LogP contribution is 2.17. The summed E-state index contributed by atoms with van der Waals surface area (Å²) in [5.41, 5.74) is 0.491. The molecule has 2 heterocycles. The van der Waals surface area contributed by atoms with E-state index in [1.807, 2.05) is 19.1 Å². The predicted molar refractivity (Wildman–Crippen MR) is 86.8 cm³/mol. The molecule has 7 heteroatoms. The van der Waals surface area contributed by atoms with Crippen LogP contribution in [0.2, 0.25) is 0 Å². The van der Waals surface area contributed by atoms with Crippen LogP contribution in [0.5, 0.6) is 0 Å². The van der Waals surface area contributed by atoms with Crippen LogP contribution in [-0.4, -0.2) is 45.4 Å². The largest absolute Gasteiger partial charge is 0.356 e. The summed E-state index contributed by atoms with van der Waals surface area (Å²) in [6, 6.07) is 7.22. The van der Waals surface area contributed by atoms with Gasteiger partial charge in [0.1, 0.15) is 5.52 Å². The first kappa shape index (κ1) is 15.6. The van der Waals surface area contributed by atoms with Crippen molar-refractivity contribution in [3.8, 4) is 0 Å². The molecule has 0 spiro atoms. The number of carbonyl (C=O) groups excluding carboxylic acids is 1. The van der Waals surface area contributed by atoms with Crippen LogP contribution in [-0.2, 0) is 11.5 Å². The van der Waals surface area contributed by atoms with Crippen LogP contribution in [0.1, 0.15) is 19.8 Å². The van der Waals surface area contributed by atoms with E-state index in [1.165, 1.54) is 4.68 Å². The van der Waals surface area contributed by atoms with Gasteiger partial charge in [0.25, 0.3) is 5.56 Å². The van der Waals surface area contributed by atoms with Gasteiger partial charge in [0.05, 0.1) is 12.1 Å². The molecule has 0 bridgehead atoms. The molecule has 1 fully saturated rings. The van der Waals surface area contributed by atoms with Gasteiger partial charge in [0, 0.05) is 25.6 Å². The van der Waals surface area contributed by atoms with E-state index >= 15 is 0 Å². The lowest BCUT2D eigenvalue weighted by molar-refractivity contribution is -0.126. The fraction of sp³-hybridized carbons (Fsp3) is 0.500. The molecule has 1 aromatic heterocycles. The average molecular weight is 315 g/mol. The highest BCUT2D eigenvalue weighted by Gasteiger charge is 2.25. The van der Waals surface area contributed by atoms with Crippen LogP contribution in [0.15, 0.2) is 29.1 Å². The second kappa shape index (κ2) is 6.87. The lowest BCUT2D eigenvalue weighted by atomic mass is 9.96. The Bertz CT molecular complexity index is 749. The number of nitrogens with one attached hydrogen (secondary N) is 1. The summed E-state index contributed by atoms with van der Waals surface area (Å²) in [7, 11) is 0. The molecule has 7 nitrogen and oxygen atoms in total. The fourth-order valence-corrected chi connectivity index (χ4v) is 2.96. The van der Waals surface area contributed by atoms with Crippen molar-refractivity contribution in [2.24, 2.45) is 5.92 Å². The van der Waals surface area contributed by atoms with Gasteiger partial charge >= 0.3 is 0 Å². The number of fused-ring (bicyclic) bond motifs is 1. The summed E-state index contributed by atoms with van der Waals surface area (Å²) in [6.45, 7) is 4.57. The molecule has 3 rings (SSSR count). The second-order valence-electron chi connectivity index (χ2n) is 5.84. The van der Waals surface area contributed by atoms with Crippen LogP contribution in [0.3, 0.4) is 0 Å². The van der Waals surface area contributed by atoms with Gasteiger partial charge in [-0.25, -0.2) is 0 Å². The molecule has 0 saturated carbocycles. The minimum absolute atomic E-state index is 0.0746. The molecule has 1 N–H and O–H groups in total. The van der Waals surface area contributed by atoms with Gasteiger partial charge < -0.3 is 5.32 Å². The Morgan fingerprint density at radius 3 is 2.78 bits per heavy atom. The molecule has 0 aliphatic carbocycles. The highest BCUT2D eigenvalue weighted by atomic mass is 16.2. The van der Waals surface area contributed by atoms with Crippen molar-refractivity contribution in [2.75, 3.05) is 19.6 Å². The zero-order chi connectivity index (χ0) is 16.2. The number of likely N-dealkylation sites (tertiary alicyclic amines) is 1. The molecule has 0 radical (unpaired) electrons. The molecule has 1 aliphatic rings. The van der Waals surface area contributed by atoms with Gasteiger partial charge in [0.2, 0.25) is 5.91 Å². The third-order valence-corrected chi connectivity index (χ3v) is 4.27. The second-order valence-corrected chi connectivity index (χ2v) is 5.84. The molecule has 23 heavy (non-hydrogen) atoms. The summed E-state index contributed by atoms with van der Waals surface area (Å²) in [6.07, 6.45) is 1.61. The molecule has 1 aliphatic heterocycles. The number of nitrogens with zero attached hydrogens (tertiary/aromatic N) is 4. The monoisotopic (exact) mass is 315 g/mol. The van der Waals surface area contributed by atoms with E-state index in [1.54, 1.807) is 12.1 Å². The maximum absolute atomic E-state index is 12.4. The lowest BCUT2D eigenvalue weighted by Crippen LogP contribution is -2.43. The van der Waals surface area contributed by atoms with E-state index in [0.29, 0.717) is 24.1 Å². The SMILES string of the molecule is CCNC(=O)C1CCN(Cn2nnc3ccccc3c2=O)CC1. The Hall–Kier alpha value is -2.28.